The summed E-state index contributed by atoms with van der Waals surface area (Å²) in [7, 11) is 0. The van der Waals surface area contributed by atoms with Gasteiger partial charge in [-0.3, -0.25) is 5.10 Å². The van der Waals surface area contributed by atoms with Crippen LogP contribution in [0, 0.1) is 0 Å². The van der Waals surface area contributed by atoms with Crippen LogP contribution in [0.1, 0.15) is 11.1 Å². The molecule has 0 saturated heterocycles. The lowest BCUT2D eigenvalue weighted by Crippen LogP contribution is -2.24. The lowest BCUT2D eigenvalue weighted by molar-refractivity contribution is 0.644. The summed E-state index contributed by atoms with van der Waals surface area (Å²) in [6.07, 6.45) is 1.08. The summed E-state index contributed by atoms with van der Waals surface area (Å²) in [4.78, 5) is 0. The highest BCUT2D eigenvalue weighted by atomic mass is 15.1. The Labute approximate surface area is 111 Å². The topological polar surface area (TPSA) is 40.7 Å². The van der Waals surface area contributed by atoms with Crippen LogP contribution in [0.4, 0.5) is 0 Å². The molecule has 0 spiro atoms. The summed E-state index contributed by atoms with van der Waals surface area (Å²) in [5.74, 6) is 0. The molecule has 3 heteroatoms. The Balaban J connectivity index is 1.97. The first-order valence-electron chi connectivity index (χ1n) is 6.68. The van der Waals surface area contributed by atoms with E-state index in [2.05, 4.69) is 51.9 Å². The average Bonchev–Trinajstić information content (AvgIpc) is 2.90. The first kappa shape index (κ1) is 10.8. The van der Waals surface area contributed by atoms with E-state index in [-0.39, 0.29) is 0 Å². The largest absolute Gasteiger partial charge is 0.312 e. The normalized spacial score (nSPS) is 14.5. The van der Waals surface area contributed by atoms with Crippen molar-refractivity contribution in [3.05, 3.63) is 53.6 Å². The van der Waals surface area contributed by atoms with Gasteiger partial charge < -0.3 is 5.32 Å². The van der Waals surface area contributed by atoms with Gasteiger partial charge in [0.1, 0.15) is 5.69 Å². The number of aromatic amines is 1. The molecule has 2 aromatic carbocycles. The molecule has 0 saturated carbocycles. The van der Waals surface area contributed by atoms with Crippen molar-refractivity contribution in [2.24, 2.45) is 0 Å². The summed E-state index contributed by atoms with van der Waals surface area (Å²) in [5.41, 5.74) is 6.30. The fraction of sp³-hybridized carbons (Fsp3) is 0.188. The predicted molar refractivity (Wildman–Crippen MR) is 76.9 cm³/mol. The summed E-state index contributed by atoms with van der Waals surface area (Å²) in [6.45, 7) is 2.01. The lowest BCUT2D eigenvalue weighted by atomic mass is 9.93. The van der Waals surface area contributed by atoms with Gasteiger partial charge in [0, 0.05) is 17.5 Å². The number of hydrogen-bond acceptors (Lipinski definition) is 2. The van der Waals surface area contributed by atoms with Gasteiger partial charge in [0.2, 0.25) is 0 Å². The van der Waals surface area contributed by atoms with Crippen molar-refractivity contribution in [1.29, 1.82) is 0 Å². The minimum absolute atomic E-state index is 0.964. The number of rotatable bonds is 1. The smallest absolute Gasteiger partial charge is 0.100 e. The molecule has 3 aromatic rings. The predicted octanol–water partition coefficient (Wildman–Crippen LogP) is 2.88. The molecule has 0 fully saturated rings. The van der Waals surface area contributed by atoms with Gasteiger partial charge in [0.05, 0.1) is 5.52 Å². The van der Waals surface area contributed by atoms with Gasteiger partial charge in [-0.2, -0.15) is 5.10 Å². The molecule has 2 heterocycles. The van der Waals surface area contributed by atoms with Crippen molar-refractivity contribution < 1.29 is 0 Å². The molecule has 1 aromatic heterocycles. The Hall–Kier alpha value is -2.13. The summed E-state index contributed by atoms with van der Waals surface area (Å²) in [6, 6.07) is 14.8. The zero-order chi connectivity index (χ0) is 12.7. The number of aromatic nitrogens is 2. The highest BCUT2D eigenvalue weighted by Crippen LogP contribution is 2.31. The van der Waals surface area contributed by atoms with Crippen molar-refractivity contribution >= 4 is 10.9 Å². The molecule has 19 heavy (non-hydrogen) atoms. The molecular formula is C16H15N3. The van der Waals surface area contributed by atoms with Crippen molar-refractivity contribution in [3.8, 4) is 11.3 Å². The number of hydrogen-bond donors (Lipinski definition) is 2. The molecular weight excluding hydrogens is 234 g/mol. The second-order valence-corrected chi connectivity index (χ2v) is 4.99. The van der Waals surface area contributed by atoms with Gasteiger partial charge in [-0.15, -0.1) is 0 Å². The van der Waals surface area contributed by atoms with Crippen LogP contribution in [0.15, 0.2) is 42.5 Å². The monoisotopic (exact) mass is 249 g/mol. The van der Waals surface area contributed by atoms with Crippen molar-refractivity contribution in [2.45, 2.75) is 13.0 Å². The number of benzene rings is 2. The SMILES string of the molecule is c1cc2c(c(-c3n[nH]c4ccccc34)c1)CCNC2. The summed E-state index contributed by atoms with van der Waals surface area (Å²) in [5, 5.41) is 12.3. The number of nitrogens with zero attached hydrogens (tertiary/aromatic N) is 1. The van der Waals surface area contributed by atoms with Crippen molar-refractivity contribution in [2.75, 3.05) is 6.54 Å². The Morgan fingerprint density at radius 2 is 1.95 bits per heavy atom. The molecule has 0 bridgehead atoms. The third-order valence-electron chi connectivity index (χ3n) is 3.87. The minimum atomic E-state index is 0.964. The van der Waals surface area contributed by atoms with Gasteiger partial charge in [-0.05, 0) is 30.2 Å². The van der Waals surface area contributed by atoms with E-state index in [1.165, 1.54) is 22.1 Å². The molecule has 0 amide bonds. The van der Waals surface area contributed by atoms with E-state index in [1.807, 2.05) is 6.07 Å². The standard InChI is InChI=1S/C16H15N3/c1-2-7-15-14(5-1)16(19-18-15)13-6-3-4-11-10-17-9-8-12(11)13/h1-7,17H,8-10H2,(H,18,19). The first-order chi connectivity index (χ1) is 9.43. The lowest BCUT2D eigenvalue weighted by Gasteiger charge is -2.19. The van der Waals surface area contributed by atoms with Crippen LogP contribution in [0.2, 0.25) is 0 Å². The Bertz CT molecular complexity index is 743. The fourth-order valence-corrected chi connectivity index (χ4v) is 2.92. The summed E-state index contributed by atoms with van der Waals surface area (Å²) < 4.78 is 0. The van der Waals surface area contributed by atoms with E-state index in [0.29, 0.717) is 0 Å². The zero-order valence-electron chi connectivity index (χ0n) is 10.6. The molecule has 0 unspecified atom stereocenters. The van der Waals surface area contributed by atoms with Gasteiger partial charge in [-0.1, -0.05) is 36.4 Å². The molecule has 94 valence electrons. The van der Waals surface area contributed by atoms with E-state index in [1.54, 1.807) is 0 Å². The van der Waals surface area contributed by atoms with Crippen molar-refractivity contribution in [1.82, 2.24) is 15.5 Å². The maximum Gasteiger partial charge on any atom is 0.100 e. The van der Waals surface area contributed by atoms with Crippen molar-refractivity contribution in [3.63, 3.8) is 0 Å². The van der Waals surface area contributed by atoms with Crippen LogP contribution in [0.5, 0.6) is 0 Å². The van der Waals surface area contributed by atoms with E-state index >= 15 is 0 Å². The molecule has 0 aliphatic carbocycles. The van der Waals surface area contributed by atoms with Gasteiger partial charge in [-0.25, -0.2) is 0 Å². The minimum Gasteiger partial charge on any atom is -0.312 e. The van der Waals surface area contributed by atoms with Crippen LogP contribution >= 0.6 is 0 Å². The molecule has 0 atom stereocenters. The van der Waals surface area contributed by atoms with Crippen LogP contribution in [-0.2, 0) is 13.0 Å². The zero-order valence-corrected chi connectivity index (χ0v) is 10.6. The second-order valence-electron chi connectivity index (χ2n) is 4.99. The number of fused-ring (bicyclic) bond motifs is 2. The van der Waals surface area contributed by atoms with Crippen LogP contribution in [0.25, 0.3) is 22.2 Å². The molecule has 1 aliphatic rings. The quantitative estimate of drug-likeness (QED) is 0.696. The van der Waals surface area contributed by atoms with Crippen LogP contribution < -0.4 is 5.32 Å². The molecule has 2 N–H and O–H groups in total. The Morgan fingerprint density at radius 3 is 2.95 bits per heavy atom. The second kappa shape index (κ2) is 4.21. The molecule has 3 nitrogen and oxygen atoms in total. The number of nitrogens with one attached hydrogen (secondary N) is 2. The van der Waals surface area contributed by atoms with E-state index in [0.717, 1.165) is 30.7 Å². The van der Waals surface area contributed by atoms with Gasteiger partial charge >= 0.3 is 0 Å². The fourth-order valence-electron chi connectivity index (χ4n) is 2.92. The average molecular weight is 249 g/mol. The molecule has 1 aliphatic heterocycles. The highest BCUT2D eigenvalue weighted by Gasteiger charge is 2.16. The van der Waals surface area contributed by atoms with Crippen LogP contribution in [-0.4, -0.2) is 16.7 Å². The number of H-pyrrole nitrogens is 1. The highest BCUT2D eigenvalue weighted by molar-refractivity contribution is 5.93. The third-order valence-corrected chi connectivity index (χ3v) is 3.87. The van der Waals surface area contributed by atoms with E-state index in [9.17, 15) is 0 Å². The molecule has 0 radical (unpaired) electrons. The molecule has 4 rings (SSSR count). The Kier molecular flexibility index (Phi) is 2.38. The first-order valence-corrected chi connectivity index (χ1v) is 6.68. The van der Waals surface area contributed by atoms with E-state index < -0.39 is 0 Å². The summed E-state index contributed by atoms with van der Waals surface area (Å²) >= 11 is 0. The van der Waals surface area contributed by atoms with Crippen LogP contribution in [0.3, 0.4) is 0 Å². The van der Waals surface area contributed by atoms with E-state index in [4.69, 9.17) is 0 Å². The third kappa shape index (κ3) is 1.66. The Morgan fingerprint density at radius 1 is 1.00 bits per heavy atom. The number of para-hydroxylation sites is 1. The van der Waals surface area contributed by atoms with Gasteiger partial charge in [0.15, 0.2) is 0 Å². The maximum absolute atomic E-state index is 4.53. The van der Waals surface area contributed by atoms with Gasteiger partial charge in [0.25, 0.3) is 0 Å². The maximum atomic E-state index is 4.53.